The summed E-state index contributed by atoms with van der Waals surface area (Å²) in [6.45, 7) is 9.77. The average molecular weight is 434 g/mol. The molecule has 0 saturated carbocycles. The van der Waals surface area contributed by atoms with E-state index in [0.717, 1.165) is 63.6 Å². The van der Waals surface area contributed by atoms with Crippen LogP contribution < -0.4 is 4.90 Å². The van der Waals surface area contributed by atoms with Crippen LogP contribution in [-0.2, 0) is 0 Å². The van der Waals surface area contributed by atoms with Crippen LogP contribution in [0.15, 0.2) is 46.9 Å². The number of carbonyl (C=O) groups is 1. The maximum atomic E-state index is 13.1. The normalized spacial score (nSPS) is 20.0. The SMILES string of the molecule is Cc1ccc(-c2cc(C(=O)N3CCC[C@H](N4CCN(c5ccccc5C)CC4)C3)n[nH]2)o1. The first-order chi connectivity index (χ1) is 15.6. The first kappa shape index (κ1) is 20.8. The molecule has 2 fully saturated rings. The van der Waals surface area contributed by atoms with Gasteiger partial charge in [0, 0.05) is 57.1 Å². The van der Waals surface area contributed by atoms with Crippen molar-refractivity contribution in [2.45, 2.75) is 32.7 Å². The smallest absolute Gasteiger partial charge is 0.274 e. The maximum Gasteiger partial charge on any atom is 0.274 e. The highest BCUT2D eigenvalue weighted by molar-refractivity contribution is 5.93. The van der Waals surface area contributed by atoms with Crippen LogP contribution in [0, 0.1) is 13.8 Å². The van der Waals surface area contributed by atoms with Gasteiger partial charge in [-0.2, -0.15) is 5.10 Å². The lowest BCUT2D eigenvalue weighted by molar-refractivity contribution is 0.0558. The lowest BCUT2D eigenvalue weighted by Crippen LogP contribution is -2.56. The van der Waals surface area contributed by atoms with Crippen molar-refractivity contribution >= 4 is 11.6 Å². The molecule has 4 heterocycles. The summed E-state index contributed by atoms with van der Waals surface area (Å²) in [7, 11) is 0. The Labute approximate surface area is 189 Å². The fourth-order valence-electron chi connectivity index (χ4n) is 4.98. The molecule has 5 rings (SSSR count). The number of hydrogen-bond donors (Lipinski definition) is 1. The summed E-state index contributed by atoms with van der Waals surface area (Å²) in [4.78, 5) is 20.2. The summed E-state index contributed by atoms with van der Waals surface area (Å²) < 4.78 is 5.65. The summed E-state index contributed by atoms with van der Waals surface area (Å²) in [5.74, 6) is 1.54. The standard InChI is InChI=1S/C25H31N5O2/c1-18-6-3-4-8-23(18)29-14-12-28(13-15-29)20-7-5-11-30(17-20)25(31)22-16-21(26-27-22)24-10-9-19(2)32-24/h3-4,6,8-10,16,20H,5,7,11-15,17H2,1-2H3,(H,26,27)/t20-/m0/s1. The number of likely N-dealkylation sites (tertiary alicyclic amines) is 1. The van der Waals surface area contributed by atoms with Crippen molar-refractivity contribution in [3.8, 4) is 11.5 Å². The van der Waals surface area contributed by atoms with Gasteiger partial charge in [0.05, 0.1) is 0 Å². The maximum absolute atomic E-state index is 13.1. The zero-order valence-corrected chi connectivity index (χ0v) is 18.9. The second kappa shape index (κ2) is 8.82. The van der Waals surface area contributed by atoms with Gasteiger partial charge in [0.1, 0.15) is 11.5 Å². The number of piperidine rings is 1. The molecular weight excluding hydrogens is 402 g/mol. The van der Waals surface area contributed by atoms with Gasteiger partial charge in [-0.25, -0.2) is 0 Å². The first-order valence-electron chi connectivity index (χ1n) is 11.5. The number of H-pyrrole nitrogens is 1. The van der Waals surface area contributed by atoms with E-state index in [2.05, 4.69) is 51.2 Å². The minimum Gasteiger partial charge on any atom is -0.460 e. The third kappa shape index (κ3) is 4.17. The van der Waals surface area contributed by atoms with Gasteiger partial charge in [0.15, 0.2) is 11.5 Å². The highest BCUT2D eigenvalue weighted by atomic mass is 16.3. The molecule has 7 nitrogen and oxygen atoms in total. The zero-order valence-electron chi connectivity index (χ0n) is 18.9. The van der Waals surface area contributed by atoms with E-state index in [1.54, 1.807) is 6.07 Å². The number of para-hydroxylation sites is 1. The molecule has 3 aromatic rings. The Hall–Kier alpha value is -3.06. The lowest BCUT2D eigenvalue weighted by atomic mass is 10.0. The first-order valence-corrected chi connectivity index (χ1v) is 11.5. The van der Waals surface area contributed by atoms with Crippen LogP contribution in [-0.4, -0.2) is 71.2 Å². The Morgan fingerprint density at radius 1 is 1.06 bits per heavy atom. The highest BCUT2D eigenvalue weighted by Gasteiger charge is 2.31. The summed E-state index contributed by atoms with van der Waals surface area (Å²) in [6.07, 6.45) is 2.18. The molecule has 0 bridgehead atoms. The van der Waals surface area contributed by atoms with Crippen LogP contribution in [0.25, 0.3) is 11.5 Å². The molecule has 2 aliphatic heterocycles. The fraction of sp³-hybridized carbons (Fsp3) is 0.440. The second-order valence-electron chi connectivity index (χ2n) is 8.93. The van der Waals surface area contributed by atoms with Gasteiger partial charge in [0.2, 0.25) is 0 Å². The Kier molecular flexibility index (Phi) is 5.74. The number of nitrogens with one attached hydrogen (secondary N) is 1. The zero-order chi connectivity index (χ0) is 22.1. The van der Waals surface area contributed by atoms with E-state index in [-0.39, 0.29) is 5.91 Å². The predicted octanol–water partition coefficient (Wildman–Crippen LogP) is 3.71. The van der Waals surface area contributed by atoms with Crippen LogP contribution >= 0.6 is 0 Å². The van der Waals surface area contributed by atoms with Crippen LogP contribution in [0.5, 0.6) is 0 Å². The molecule has 168 valence electrons. The topological polar surface area (TPSA) is 68.6 Å². The van der Waals surface area contributed by atoms with Crippen molar-refractivity contribution < 1.29 is 9.21 Å². The average Bonchev–Trinajstić information content (AvgIpc) is 3.48. The van der Waals surface area contributed by atoms with Gasteiger partial charge >= 0.3 is 0 Å². The summed E-state index contributed by atoms with van der Waals surface area (Å²) >= 11 is 0. The number of aromatic amines is 1. The number of furan rings is 1. The van der Waals surface area contributed by atoms with Gasteiger partial charge in [-0.05, 0) is 50.5 Å². The number of benzene rings is 1. The van der Waals surface area contributed by atoms with Crippen LogP contribution in [0.4, 0.5) is 5.69 Å². The summed E-state index contributed by atoms with van der Waals surface area (Å²) in [5, 5.41) is 7.22. The number of aromatic nitrogens is 2. The van der Waals surface area contributed by atoms with Crippen molar-refractivity contribution in [1.29, 1.82) is 0 Å². The molecule has 2 aromatic heterocycles. The molecule has 1 aromatic carbocycles. The summed E-state index contributed by atoms with van der Waals surface area (Å²) in [6, 6.07) is 14.6. The second-order valence-corrected chi connectivity index (χ2v) is 8.93. The van der Waals surface area contributed by atoms with Crippen LogP contribution in [0.3, 0.4) is 0 Å². The molecule has 2 saturated heterocycles. The third-order valence-corrected chi connectivity index (χ3v) is 6.77. The van der Waals surface area contributed by atoms with Crippen molar-refractivity contribution in [3.63, 3.8) is 0 Å². The molecule has 1 atom stereocenters. The molecule has 32 heavy (non-hydrogen) atoms. The number of amides is 1. The quantitative estimate of drug-likeness (QED) is 0.679. The number of piperazine rings is 1. The number of anilines is 1. The minimum atomic E-state index is -0.000903. The van der Waals surface area contributed by atoms with Crippen molar-refractivity contribution in [3.05, 3.63) is 59.5 Å². The van der Waals surface area contributed by atoms with Crippen LogP contribution in [0.2, 0.25) is 0 Å². The molecule has 2 aliphatic rings. The third-order valence-electron chi connectivity index (χ3n) is 6.77. The van der Waals surface area contributed by atoms with Crippen molar-refractivity contribution in [2.75, 3.05) is 44.2 Å². The van der Waals surface area contributed by atoms with Gasteiger partial charge < -0.3 is 14.2 Å². The van der Waals surface area contributed by atoms with E-state index < -0.39 is 0 Å². The lowest BCUT2D eigenvalue weighted by Gasteiger charge is -2.44. The molecule has 1 N–H and O–H groups in total. The van der Waals surface area contributed by atoms with E-state index in [1.165, 1.54) is 11.3 Å². The van der Waals surface area contributed by atoms with Gasteiger partial charge in [-0.3, -0.25) is 14.8 Å². The largest absolute Gasteiger partial charge is 0.460 e. The Morgan fingerprint density at radius 3 is 2.62 bits per heavy atom. The van der Waals surface area contributed by atoms with Crippen LogP contribution in [0.1, 0.15) is 34.7 Å². The number of nitrogens with zero attached hydrogens (tertiary/aromatic N) is 4. The van der Waals surface area contributed by atoms with Gasteiger partial charge in [0.25, 0.3) is 5.91 Å². The molecule has 0 unspecified atom stereocenters. The van der Waals surface area contributed by atoms with E-state index in [1.807, 2.05) is 24.0 Å². The van der Waals surface area contributed by atoms with E-state index in [9.17, 15) is 4.79 Å². The number of aryl methyl sites for hydroxylation is 2. The van der Waals surface area contributed by atoms with E-state index in [4.69, 9.17) is 4.42 Å². The van der Waals surface area contributed by atoms with E-state index >= 15 is 0 Å². The molecule has 0 aliphatic carbocycles. The molecule has 1 amide bonds. The van der Waals surface area contributed by atoms with Gasteiger partial charge in [-0.1, -0.05) is 18.2 Å². The number of hydrogen-bond acceptors (Lipinski definition) is 5. The molecule has 0 spiro atoms. The van der Waals surface area contributed by atoms with Crippen molar-refractivity contribution in [2.24, 2.45) is 0 Å². The predicted molar refractivity (Wildman–Crippen MR) is 125 cm³/mol. The summed E-state index contributed by atoms with van der Waals surface area (Å²) in [5.41, 5.74) is 3.87. The monoisotopic (exact) mass is 433 g/mol. The Bertz CT molecular complexity index is 1080. The van der Waals surface area contributed by atoms with Crippen molar-refractivity contribution in [1.82, 2.24) is 20.0 Å². The van der Waals surface area contributed by atoms with Gasteiger partial charge in [-0.15, -0.1) is 0 Å². The number of rotatable bonds is 4. The minimum absolute atomic E-state index is 0.000903. The molecule has 0 radical (unpaired) electrons. The molecular formula is C25H31N5O2. The van der Waals surface area contributed by atoms with E-state index in [0.29, 0.717) is 17.5 Å². The molecule has 7 heteroatoms. The highest BCUT2D eigenvalue weighted by Crippen LogP contribution is 2.25. The number of carbonyl (C=O) groups excluding carboxylic acids is 1. The Morgan fingerprint density at radius 2 is 1.88 bits per heavy atom. The Balaban J connectivity index is 1.20. The fourth-order valence-corrected chi connectivity index (χ4v) is 4.98.